The Bertz CT molecular complexity index is 386. The van der Waals surface area contributed by atoms with Gasteiger partial charge in [-0.15, -0.1) is 0 Å². The summed E-state index contributed by atoms with van der Waals surface area (Å²) in [6.07, 6.45) is 5.41. The molecular weight excluding hydrogens is 314 g/mol. The summed E-state index contributed by atoms with van der Waals surface area (Å²) in [5, 5.41) is 3.64. The van der Waals surface area contributed by atoms with Crippen molar-refractivity contribution in [3.05, 3.63) is 34.3 Å². The van der Waals surface area contributed by atoms with E-state index in [1.165, 1.54) is 24.8 Å². The van der Waals surface area contributed by atoms with E-state index in [-0.39, 0.29) is 0 Å². The lowest BCUT2D eigenvalue weighted by atomic mass is 9.77. The molecule has 0 radical (unpaired) electrons. The molecule has 1 unspecified atom stereocenters. The maximum atomic E-state index is 5.66. The van der Waals surface area contributed by atoms with E-state index in [9.17, 15) is 0 Å². The highest BCUT2D eigenvalue weighted by Crippen LogP contribution is 2.34. The fourth-order valence-electron chi connectivity index (χ4n) is 3.07. The Morgan fingerprint density at radius 3 is 2.55 bits per heavy atom. The normalized spacial score (nSPS) is 23.4. The van der Waals surface area contributed by atoms with Crippen LogP contribution in [0.15, 0.2) is 28.7 Å². The van der Waals surface area contributed by atoms with Crippen molar-refractivity contribution in [3.8, 4) is 0 Å². The van der Waals surface area contributed by atoms with Crippen LogP contribution < -0.4 is 5.32 Å². The molecule has 1 fully saturated rings. The number of hydrogen-bond donors (Lipinski definition) is 1. The molecule has 0 heterocycles. The van der Waals surface area contributed by atoms with Crippen LogP contribution in [0.4, 0.5) is 0 Å². The van der Waals surface area contributed by atoms with Crippen LogP contribution in [0.2, 0.25) is 0 Å². The van der Waals surface area contributed by atoms with Gasteiger partial charge in [0.25, 0.3) is 0 Å². The summed E-state index contributed by atoms with van der Waals surface area (Å²) in [5.74, 6) is 0.839. The van der Waals surface area contributed by atoms with Crippen molar-refractivity contribution in [1.29, 1.82) is 0 Å². The number of likely N-dealkylation sites (N-methyl/N-ethyl adjacent to an activating group) is 1. The molecular formula is C17H26BrNO. The zero-order valence-corrected chi connectivity index (χ0v) is 14.2. The summed E-state index contributed by atoms with van der Waals surface area (Å²) in [4.78, 5) is 0. The Kier molecular flexibility index (Phi) is 6.53. The van der Waals surface area contributed by atoms with Crippen LogP contribution in [0.25, 0.3) is 0 Å². The van der Waals surface area contributed by atoms with E-state index in [0.717, 1.165) is 30.0 Å². The lowest BCUT2D eigenvalue weighted by Crippen LogP contribution is -2.39. The Morgan fingerprint density at radius 1 is 1.25 bits per heavy atom. The third-order valence-electron chi connectivity index (χ3n) is 4.10. The molecule has 0 aliphatic heterocycles. The molecule has 2 rings (SSSR count). The molecule has 0 aromatic heterocycles. The lowest BCUT2D eigenvalue weighted by molar-refractivity contribution is -0.0289. The van der Waals surface area contributed by atoms with Gasteiger partial charge in [-0.3, -0.25) is 0 Å². The van der Waals surface area contributed by atoms with Crippen LogP contribution in [-0.2, 0) is 11.2 Å². The number of rotatable bonds is 8. The number of hydrogen-bond acceptors (Lipinski definition) is 2. The molecule has 0 spiro atoms. The topological polar surface area (TPSA) is 21.3 Å². The standard InChI is InChI=1S/C17H26BrNO/c1-3-19-16(9-13-5-7-15(18)8-6-13)10-14-11-17(12-14)20-4-2/h5-8,14,16-17,19H,3-4,9-12H2,1-2H3. The maximum Gasteiger partial charge on any atom is 0.0580 e. The van der Waals surface area contributed by atoms with Crippen LogP contribution in [0, 0.1) is 5.92 Å². The summed E-state index contributed by atoms with van der Waals surface area (Å²) in [6.45, 7) is 6.18. The van der Waals surface area contributed by atoms with Gasteiger partial charge in [-0.1, -0.05) is 35.0 Å². The number of benzene rings is 1. The van der Waals surface area contributed by atoms with Gasteiger partial charge in [0.15, 0.2) is 0 Å². The molecule has 1 N–H and O–H groups in total. The van der Waals surface area contributed by atoms with E-state index in [1.807, 2.05) is 0 Å². The second-order valence-corrected chi connectivity index (χ2v) is 6.65. The molecule has 0 bridgehead atoms. The smallest absolute Gasteiger partial charge is 0.0580 e. The van der Waals surface area contributed by atoms with E-state index >= 15 is 0 Å². The first-order chi connectivity index (χ1) is 9.71. The van der Waals surface area contributed by atoms with Gasteiger partial charge in [0, 0.05) is 17.1 Å². The summed E-state index contributed by atoms with van der Waals surface area (Å²) in [6, 6.07) is 9.30. The van der Waals surface area contributed by atoms with Crippen molar-refractivity contribution < 1.29 is 4.74 Å². The molecule has 112 valence electrons. The van der Waals surface area contributed by atoms with E-state index in [1.54, 1.807) is 0 Å². The second kappa shape index (κ2) is 8.16. The van der Waals surface area contributed by atoms with Crippen molar-refractivity contribution in [2.45, 2.75) is 51.7 Å². The van der Waals surface area contributed by atoms with Gasteiger partial charge in [0.05, 0.1) is 6.10 Å². The predicted molar refractivity (Wildman–Crippen MR) is 88.1 cm³/mol. The van der Waals surface area contributed by atoms with Crippen molar-refractivity contribution >= 4 is 15.9 Å². The highest BCUT2D eigenvalue weighted by Gasteiger charge is 2.31. The first-order valence-electron chi connectivity index (χ1n) is 7.80. The minimum Gasteiger partial charge on any atom is -0.378 e. The van der Waals surface area contributed by atoms with Crippen molar-refractivity contribution in [3.63, 3.8) is 0 Å². The fourth-order valence-corrected chi connectivity index (χ4v) is 3.34. The second-order valence-electron chi connectivity index (χ2n) is 5.74. The SMILES string of the molecule is CCNC(Cc1ccc(Br)cc1)CC1CC(OCC)C1. The fraction of sp³-hybridized carbons (Fsp3) is 0.647. The van der Waals surface area contributed by atoms with E-state index in [0.29, 0.717) is 12.1 Å². The summed E-state index contributed by atoms with van der Waals surface area (Å²) in [7, 11) is 0. The molecule has 1 aliphatic rings. The molecule has 3 heteroatoms. The van der Waals surface area contributed by atoms with Crippen molar-refractivity contribution in [2.75, 3.05) is 13.2 Å². The quantitative estimate of drug-likeness (QED) is 0.767. The van der Waals surface area contributed by atoms with Gasteiger partial charge in [-0.05, 0) is 62.8 Å². The number of halogens is 1. The molecule has 1 aromatic rings. The molecule has 0 saturated heterocycles. The summed E-state index contributed by atoms with van der Waals surface area (Å²) >= 11 is 3.49. The van der Waals surface area contributed by atoms with Crippen LogP contribution in [0.3, 0.4) is 0 Å². The third kappa shape index (κ3) is 4.87. The highest BCUT2D eigenvalue weighted by molar-refractivity contribution is 9.10. The van der Waals surface area contributed by atoms with E-state index in [2.05, 4.69) is 59.4 Å². The monoisotopic (exact) mass is 339 g/mol. The highest BCUT2D eigenvalue weighted by atomic mass is 79.9. The van der Waals surface area contributed by atoms with Crippen LogP contribution >= 0.6 is 15.9 Å². The van der Waals surface area contributed by atoms with Crippen LogP contribution in [0.5, 0.6) is 0 Å². The molecule has 1 aliphatic carbocycles. The molecule has 20 heavy (non-hydrogen) atoms. The van der Waals surface area contributed by atoms with Gasteiger partial charge < -0.3 is 10.1 Å². The first-order valence-corrected chi connectivity index (χ1v) is 8.60. The van der Waals surface area contributed by atoms with Gasteiger partial charge in [0.1, 0.15) is 0 Å². The van der Waals surface area contributed by atoms with Gasteiger partial charge >= 0.3 is 0 Å². The van der Waals surface area contributed by atoms with Crippen molar-refractivity contribution in [2.24, 2.45) is 5.92 Å². The maximum absolute atomic E-state index is 5.66. The molecule has 1 atom stereocenters. The van der Waals surface area contributed by atoms with Gasteiger partial charge in [-0.2, -0.15) is 0 Å². The van der Waals surface area contributed by atoms with Gasteiger partial charge in [-0.25, -0.2) is 0 Å². The lowest BCUT2D eigenvalue weighted by Gasteiger charge is -2.37. The minimum atomic E-state index is 0.528. The Hall–Kier alpha value is -0.380. The summed E-state index contributed by atoms with van der Waals surface area (Å²) < 4.78 is 6.81. The zero-order chi connectivity index (χ0) is 14.4. The number of ether oxygens (including phenoxy) is 1. The van der Waals surface area contributed by atoms with Crippen LogP contribution in [-0.4, -0.2) is 25.3 Å². The Balaban J connectivity index is 1.80. The average Bonchev–Trinajstić information content (AvgIpc) is 2.39. The predicted octanol–water partition coefficient (Wildman–Crippen LogP) is 4.17. The minimum absolute atomic E-state index is 0.528. The summed E-state index contributed by atoms with van der Waals surface area (Å²) in [5.41, 5.74) is 1.42. The number of nitrogens with one attached hydrogen (secondary N) is 1. The Labute approximate surface area is 131 Å². The van der Waals surface area contributed by atoms with Crippen molar-refractivity contribution in [1.82, 2.24) is 5.32 Å². The first kappa shape index (κ1) is 16.0. The molecule has 1 aromatic carbocycles. The zero-order valence-electron chi connectivity index (χ0n) is 12.6. The van der Waals surface area contributed by atoms with E-state index < -0.39 is 0 Å². The van der Waals surface area contributed by atoms with Crippen LogP contribution in [0.1, 0.15) is 38.7 Å². The molecule has 2 nitrogen and oxygen atoms in total. The van der Waals surface area contributed by atoms with Gasteiger partial charge in [0.2, 0.25) is 0 Å². The largest absolute Gasteiger partial charge is 0.378 e. The molecule has 1 saturated carbocycles. The molecule has 0 amide bonds. The van der Waals surface area contributed by atoms with E-state index in [4.69, 9.17) is 4.74 Å². The Morgan fingerprint density at radius 2 is 1.95 bits per heavy atom. The average molecular weight is 340 g/mol. The third-order valence-corrected chi connectivity index (χ3v) is 4.63.